The third-order valence-corrected chi connectivity index (χ3v) is 2.71. The third kappa shape index (κ3) is 1.95. The Morgan fingerprint density at radius 2 is 2.21 bits per heavy atom. The lowest BCUT2D eigenvalue weighted by Gasteiger charge is -2.10. The van der Waals surface area contributed by atoms with Crippen molar-refractivity contribution in [3.63, 3.8) is 0 Å². The molecule has 1 aliphatic rings. The smallest absolute Gasteiger partial charge is 0.129 e. The highest BCUT2D eigenvalue weighted by Gasteiger charge is 2.25. The van der Waals surface area contributed by atoms with Crippen molar-refractivity contribution in [2.24, 2.45) is 0 Å². The molecule has 2 rings (SSSR count). The minimum Gasteiger partial charge on any atom is -0.377 e. The molecule has 76 valence electrons. The largest absolute Gasteiger partial charge is 0.377 e. The molecule has 5 heteroatoms. The number of aliphatic hydroxyl groups excluding tert-OH is 1. The Balaban J connectivity index is 2.24. The lowest BCUT2D eigenvalue weighted by atomic mass is 10.0. The Kier molecular flexibility index (Phi) is 2.83. The minimum atomic E-state index is -0.608. The Hall–Kier alpha value is -0.490. The van der Waals surface area contributed by atoms with Crippen molar-refractivity contribution in [2.75, 3.05) is 0 Å². The molecule has 0 aromatic heterocycles. The predicted molar refractivity (Wildman–Crippen MR) is 53.7 cm³/mol. The third-order valence-electron chi connectivity index (χ3n) is 2.22. The quantitative estimate of drug-likeness (QED) is 0.716. The molecule has 0 radical (unpaired) electrons. The zero-order valence-corrected chi connectivity index (χ0v) is 8.88. The van der Waals surface area contributed by atoms with Gasteiger partial charge in [-0.3, -0.25) is 0 Å². The van der Waals surface area contributed by atoms with Gasteiger partial charge in [-0.2, -0.15) is 0 Å². The van der Waals surface area contributed by atoms with Crippen molar-refractivity contribution in [3.05, 3.63) is 34.1 Å². The second-order valence-corrected chi connectivity index (χ2v) is 4.17. The molecule has 14 heavy (non-hydrogen) atoms. The van der Waals surface area contributed by atoms with E-state index in [0.717, 1.165) is 0 Å². The average molecular weight is 261 g/mol. The van der Waals surface area contributed by atoms with E-state index in [0.29, 0.717) is 16.5 Å². The average Bonchev–Trinajstić information content (AvgIpc) is 2.51. The highest BCUT2D eigenvalue weighted by atomic mass is 79.9. The van der Waals surface area contributed by atoms with E-state index >= 15 is 0 Å². The molecule has 1 aromatic carbocycles. The molecule has 1 fully saturated rings. The summed E-state index contributed by atoms with van der Waals surface area (Å²) in [5.74, 6) is -0.271. The summed E-state index contributed by atoms with van der Waals surface area (Å²) in [5, 5.41) is 9.20. The van der Waals surface area contributed by atoms with Crippen molar-refractivity contribution >= 4 is 15.9 Å². The number of halogens is 2. The Morgan fingerprint density at radius 3 is 2.79 bits per heavy atom. The standard InChI is InChI=1S/C9H10BrFN2O/c10-5-1-2-6(7(11)3-5)8-4-9(14)13-12-8/h1-3,8-9,12-14H,4H2. The van der Waals surface area contributed by atoms with Gasteiger partial charge in [0.2, 0.25) is 0 Å². The van der Waals surface area contributed by atoms with Crippen LogP contribution in [0.2, 0.25) is 0 Å². The van der Waals surface area contributed by atoms with Crippen LogP contribution in [0, 0.1) is 5.82 Å². The van der Waals surface area contributed by atoms with Crippen LogP contribution in [0.25, 0.3) is 0 Å². The van der Waals surface area contributed by atoms with E-state index in [1.807, 2.05) is 0 Å². The van der Waals surface area contributed by atoms with E-state index in [2.05, 4.69) is 26.8 Å². The van der Waals surface area contributed by atoms with Crippen molar-refractivity contribution in [3.8, 4) is 0 Å². The SMILES string of the molecule is OC1CC(c2ccc(Br)cc2F)NN1. The van der Waals surface area contributed by atoms with Crippen molar-refractivity contribution in [2.45, 2.75) is 18.7 Å². The van der Waals surface area contributed by atoms with Crippen LogP contribution in [0.15, 0.2) is 22.7 Å². The number of benzene rings is 1. The van der Waals surface area contributed by atoms with Gasteiger partial charge in [-0.05, 0) is 12.1 Å². The Labute approximate surface area is 89.4 Å². The van der Waals surface area contributed by atoms with Gasteiger partial charge in [0.25, 0.3) is 0 Å². The minimum absolute atomic E-state index is 0.168. The fourth-order valence-electron chi connectivity index (χ4n) is 1.53. The summed E-state index contributed by atoms with van der Waals surface area (Å²) in [6.07, 6.45) is -0.138. The van der Waals surface area contributed by atoms with Gasteiger partial charge in [0, 0.05) is 16.5 Å². The first-order valence-electron chi connectivity index (χ1n) is 4.31. The van der Waals surface area contributed by atoms with E-state index in [1.54, 1.807) is 12.1 Å². The van der Waals surface area contributed by atoms with Crippen LogP contribution in [0.1, 0.15) is 18.0 Å². The van der Waals surface area contributed by atoms with E-state index in [4.69, 9.17) is 0 Å². The predicted octanol–water partition coefficient (Wildman–Crippen LogP) is 1.45. The molecule has 0 aliphatic carbocycles. The van der Waals surface area contributed by atoms with Gasteiger partial charge in [0.05, 0.1) is 6.04 Å². The van der Waals surface area contributed by atoms with E-state index < -0.39 is 6.23 Å². The molecular weight excluding hydrogens is 251 g/mol. The van der Waals surface area contributed by atoms with Crippen LogP contribution in [0.5, 0.6) is 0 Å². The van der Waals surface area contributed by atoms with Crippen LogP contribution in [-0.4, -0.2) is 11.3 Å². The molecule has 1 saturated heterocycles. The van der Waals surface area contributed by atoms with Gasteiger partial charge in [0.15, 0.2) is 0 Å². The lowest BCUT2D eigenvalue weighted by molar-refractivity contribution is 0.153. The first-order valence-corrected chi connectivity index (χ1v) is 5.10. The first kappa shape index (κ1) is 10.0. The van der Waals surface area contributed by atoms with Crippen LogP contribution in [-0.2, 0) is 0 Å². The summed E-state index contributed by atoms with van der Waals surface area (Å²) in [7, 11) is 0. The molecule has 2 unspecified atom stereocenters. The molecule has 0 bridgehead atoms. The molecule has 3 nitrogen and oxygen atoms in total. The summed E-state index contributed by atoms with van der Waals surface area (Å²) in [5.41, 5.74) is 6.03. The molecule has 2 atom stereocenters. The topological polar surface area (TPSA) is 44.3 Å². The van der Waals surface area contributed by atoms with Gasteiger partial charge in [-0.25, -0.2) is 15.2 Å². The summed E-state index contributed by atoms with van der Waals surface area (Å²) in [6.45, 7) is 0. The van der Waals surface area contributed by atoms with Gasteiger partial charge < -0.3 is 5.11 Å². The second kappa shape index (κ2) is 3.94. The normalized spacial score (nSPS) is 26.8. The van der Waals surface area contributed by atoms with Gasteiger partial charge in [0.1, 0.15) is 12.0 Å². The molecule has 0 saturated carbocycles. The number of hydrazine groups is 1. The molecule has 0 amide bonds. The van der Waals surface area contributed by atoms with Crippen molar-refractivity contribution in [1.82, 2.24) is 10.9 Å². The molecule has 1 aromatic rings. The molecule has 1 heterocycles. The maximum Gasteiger partial charge on any atom is 0.129 e. The maximum atomic E-state index is 13.4. The van der Waals surface area contributed by atoms with Crippen molar-refractivity contribution < 1.29 is 9.50 Å². The fraction of sp³-hybridized carbons (Fsp3) is 0.333. The van der Waals surface area contributed by atoms with Crippen molar-refractivity contribution in [1.29, 1.82) is 0 Å². The van der Waals surface area contributed by atoms with Crippen LogP contribution >= 0.6 is 15.9 Å². The van der Waals surface area contributed by atoms with E-state index in [9.17, 15) is 9.50 Å². The number of hydrogen-bond donors (Lipinski definition) is 3. The van der Waals surface area contributed by atoms with E-state index in [-0.39, 0.29) is 11.9 Å². The summed E-state index contributed by atoms with van der Waals surface area (Å²) in [4.78, 5) is 0. The molecule has 0 spiro atoms. The Bertz CT molecular complexity index is 348. The van der Waals surface area contributed by atoms with Crippen LogP contribution < -0.4 is 10.9 Å². The number of hydrogen-bond acceptors (Lipinski definition) is 3. The molecular formula is C9H10BrFN2O. The number of aliphatic hydroxyl groups is 1. The monoisotopic (exact) mass is 260 g/mol. The Morgan fingerprint density at radius 1 is 1.43 bits per heavy atom. The molecule has 3 N–H and O–H groups in total. The van der Waals surface area contributed by atoms with Gasteiger partial charge in [-0.1, -0.05) is 22.0 Å². The van der Waals surface area contributed by atoms with Gasteiger partial charge >= 0.3 is 0 Å². The van der Waals surface area contributed by atoms with Gasteiger partial charge in [-0.15, -0.1) is 0 Å². The molecule has 1 aliphatic heterocycles. The summed E-state index contributed by atoms with van der Waals surface area (Å²) < 4.78 is 14.2. The lowest BCUT2D eigenvalue weighted by Crippen LogP contribution is -2.30. The van der Waals surface area contributed by atoms with Crippen LogP contribution in [0.4, 0.5) is 4.39 Å². The zero-order chi connectivity index (χ0) is 10.1. The first-order chi connectivity index (χ1) is 6.66. The number of rotatable bonds is 1. The number of nitrogens with one attached hydrogen (secondary N) is 2. The summed E-state index contributed by atoms with van der Waals surface area (Å²) >= 11 is 3.19. The highest BCUT2D eigenvalue weighted by molar-refractivity contribution is 9.10. The highest BCUT2D eigenvalue weighted by Crippen LogP contribution is 2.25. The van der Waals surface area contributed by atoms with Crippen LogP contribution in [0.3, 0.4) is 0 Å². The zero-order valence-electron chi connectivity index (χ0n) is 7.30. The second-order valence-electron chi connectivity index (χ2n) is 3.26. The fourth-order valence-corrected chi connectivity index (χ4v) is 1.86. The maximum absolute atomic E-state index is 13.4. The van der Waals surface area contributed by atoms with E-state index in [1.165, 1.54) is 6.07 Å². The summed E-state index contributed by atoms with van der Waals surface area (Å²) in [6, 6.07) is 4.74.